The van der Waals surface area contributed by atoms with Crippen LogP contribution in [-0.2, 0) is 14.4 Å². The normalized spacial score (nSPS) is 22.5. The maximum absolute atomic E-state index is 11.2. The minimum absolute atomic E-state index is 0.121. The summed E-state index contributed by atoms with van der Waals surface area (Å²) >= 11 is 3.20. The predicted octanol–water partition coefficient (Wildman–Crippen LogP) is 0.764. The summed E-state index contributed by atoms with van der Waals surface area (Å²) in [5.74, 6) is -0.390. The molecule has 0 aliphatic carbocycles. The summed E-state index contributed by atoms with van der Waals surface area (Å²) in [4.78, 5) is 16.2. The number of hydrogen-bond acceptors (Lipinski definition) is 5. The molecule has 1 aliphatic heterocycles. The van der Waals surface area contributed by atoms with Gasteiger partial charge in [-0.3, -0.25) is 4.79 Å². The topological polar surface area (TPSA) is 73.9 Å². The van der Waals surface area contributed by atoms with E-state index in [0.29, 0.717) is 19.4 Å². The van der Waals surface area contributed by atoms with Gasteiger partial charge in [0.25, 0.3) is 0 Å². The van der Waals surface area contributed by atoms with Gasteiger partial charge in [0.2, 0.25) is 0 Å². The van der Waals surface area contributed by atoms with Crippen LogP contribution in [0.15, 0.2) is 5.16 Å². The molecule has 0 saturated carbocycles. The molecule has 0 amide bonds. The molecule has 1 heterocycles. The lowest BCUT2D eigenvalue weighted by molar-refractivity contribution is -0.145. The first-order valence-corrected chi connectivity index (χ1v) is 5.23. The van der Waals surface area contributed by atoms with Crippen molar-refractivity contribution < 1.29 is 14.4 Å². The highest BCUT2D eigenvalue weighted by molar-refractivity contribution is 9.18. The number of ether oxygens (including phenoxy) is 1. The van der Waals surface area contributed by atoms with Crippen molar-refractivity contribution in [3.8, 4) is 0 Å². The number of oxime groups is 1. The van der Waals surface area contributed by atoms with Gasteiger partial charge in [0, 0.05) is 12.8 Å². The highest BCUT2D eigenvalue weighted by atomic mass is 79.9. The fraction of sp³-hybridized carbons (Fsp3) is 0.750. The third-order valence-electron chi connectivity index (χ3n) is 1.80. The highest BCUT2D eigenvalue weighted by Gasteiger charge is 2.25. The monoisotopic (exact) mass is 264 g/mol. The van der Waals surface area contributed by atoms with E-state index in [2.05, 4.69) is 21.1 Å². The lowest BCUT2D eigenvalue weighted by Crippen LogP contribution is -2.35. The third-order valence-corrected chi connectivity index (χ3v) is 2.27. The summed E-state index contributed by atoms with van der Waals surface area (Å²) in [5, 5.41) is 3.70. The van der Waals surface area contributed by atoms with E-state index in [1.165, 1.54) is 0 Å². The Morgan fingerprint density at radius 3 is 3.14 bits per heavy atom. The van der Waals surface area contributed by atoms with Crippen LogP contribution >= 0.6 is 15.9 Å². The molecular weight excluding hydrogens is 252 g/mol. The van der Waals surface area contributed by atoms with Crippen molar-refractivity contribution in [2.24, 2.45) is 10.9 Å². The molecule has 0 spiro atoms. The standard InChI is InChI=1S/C8H13BrN2O3/c1-2-13-8(12)6(10)3-5-4-7(9)11-14-5/h5-6H,2-4,10H2,1H3/t5-,6-/m1/s1. The fourth-order valence-electron chi connectivity index (χ4n) is 1.15. The maximum Gasteiger partial charge on any atom is 0.323 e. The van der Waals surface area contributed by atoms with Crippen LogP contribution in [-0.4, -0.2) is 29.3 Å². The van der Waals surface area contributed by atoms with E-state index in [-0.39, 0.29) is 12.1 Å². The zero-order chi connectivity index (χ0) is 10.6. The zero-order valence-corrected chi connectivity index (χ0v) is 9.49. The first-order valence-electron chi connectivity index (χ1n) is 4.44. The van der Waals surface area contributed by atoms with E-state index in [9.17, 15) is 4.79 Å². The van der Waals surface area contributed by atoms with Gasteiger partial charge in [-0.1, -0.05) is 5.16 Å². The Kier molecular flexibility index (Phi) is 4.34. The van der Waals surface area contributed by atoms with Gasteiger partial charge >= 0.3 is 5.97 Å². The van der Waals surface area contributed by atoms with Crippen LogP contribution in [0.25, 0.3) is 0 Å². The Bertz CT molecular complexity index is 245. The van der Waals surface area contributed by atoms with Gasteiger partial charge in [0.05, 0.1) is 6.61 Å². The van der Waals surface area contributed by atoms with E-state index < -0.39 is 6.04 Å². The van der Waals surface area contributed by atoms with Crippen molar-refractivity contribution in [1.82, 2.24) is 0 Å². The summed E-state index contributed by atoms with van der Waals surface area (Å²) in [5.41, 5.74) is 5.61. The fourth-order valence-corrected chi connectivity index (χ4v) is 1.59. The molecule has 14 heavy (non-hydrogen) atoms. The number of carbonyl (C=O) groups is 1. The summed E-state index contributed by atoms with van der Waals surface area (Å²) in [6, 6.07) is -0.631. The SMILES string of the molecule is CCOC(=O)[C@H](N)C[C@@H]1CC(Br)=NO1. The van der Waals surface area contributed by atoms with Gasteiger partial charge in [-0.15, -0.1) is 0 Å². The molecular formula is C8H13BrN2O3. The van der Waals surface area contributed by atoms with Gasteiger partial charge < -0.3 is 15.3 Å². The second-order valence-electron chi connectivity index (χ2n) is 2.99. The average Bonchev–Trinajstić information content (AvgIpc) is 2.51. The minimum Gasteiger partial charge on any atom is -0.465 e. The Morgan fingerprint density at radius 2 is 2.64 bits per heavy atom. The number of nitrogens with zero attached hydrogens (tertiary/aromatic N) is 1. The highest BCUT2D eigenvalue weighted by Crippen LogP contribution is 2.18. The Balaban J connectivity index is 2.27. The number of halogens is 1. The zero-order valence-electron chi connectivity index (χ0n) is 7.90. The number of rotatable bonds is 4. The average molecular weight is 265 g/mol. The maximum atomic E-state index is 11.2. The quantitative estimate of drug-likeness (QED) is 0.762. The number of hydrogen-bond donors (Lipinski definition) is 1. The van der Waals surface area contributed by atoms with Crippen LogP contribution in [0, 0.1) is 0 Å². The molecule has 6 heteroatoms. The molecule has 5 nitrogen and oxygen atoms in total. The van der Waals surface area contributed by atoms with E-state index in [0.717, 1.165) is 4.62 Å². The van der Waals surface area contributed by atoms with Crippen LogP contribution in [0.2, 0.25) is 0 Å². The van der Waals surface area contributed by atoms with Gasteiger partial charge in [0.1, 0.15) is 16.8 Å². The van der Waals surface area contributed by atoms with Crippen molar-refractivity contribution in [1.29, 1.82) is 0 Å². The summed E-state index contributed by atoms with van der Waals surface area (Å²) in [6.45, 7) is 2.09. The molecule has 0 aromatic rings. The minimum atomic E-state index is -0.631. The summed E-state index contributed by atoms with van der Waals surface area (Å²) in [7, 11) is 0. The van der Waals surface area contributed by atoms with Crippen LogP contribution in [0.1, 0.15) is 19.8 Å². The molecule has 0 bridgehead atoms. The molecule has 0 saturated heterocycles. The van der Waals surface area contributed by atoms with Crippen LogP contribution < -0.4 is 5.73 Å². The van der Waals surface area contributed by atoms with E-state index in [1.807, 2.05) is 0 Å². The molecule has 80 valence electrons. The first kappa shape index (κ1) is 11.5. The van der Waals surface area contributed by atoms with Crippen molar-refractivity contribution in [3.05, 3.63) is 0 Å². The second kappa shape index (κ2) is 5.31. The van der Waals surface area contributed by atoms with Crippen LogP contribution in [0.4, 0.5) is 0 Å². The van der Waals surface area contributed by atoms with Gasteiger partial charge in [-0.25, -0.2) is 0 Å². The van der Waals surface area contributed by atoms with E-state index in [1.54, 1.807) is 6.92 Å². The molecule has 2 N–H and O–H groups in total. The number of carbonyl (C=O) groups excluding carboxylic acids is 1. The molecule has 2 atom stereocenters. The van der Waals surface area contributed by atoms with Crippen LogP contribution in [0.3, 0.4) is 0 Å². The summed E-state index contributed by atoms with van der Waals surface area (Å²) < 4.78 is 5.52. The Hall–Kier alpha value is -0.620. The van der Waals surface area contributed by atoms with Gasteiger partial charge in [0.15, 0.2) is 0 Å². The Labute approximate surface area is 90.7 Å². The van der Waals surface area contributed by atoms with Gasteiger partial charge in [-0.2, -0.15) is 0 Å². The van der Waals surface area contributed by atoms with Crippen molar-refractivity contribution in [2.45, 2.75) is 31.9 Å². The molecule has 1 rings (SSSR count). The van der Waals surface area contributed by atoms with E-state index in [4.69, 9.17) is 15.3 Å². The second-order valence-corrected chi connectivity index (χ2v) is 3.91. The van der Waals surface area contributed by atoms with Gasteiger partial charge in [-0.05, 0) is 22.9 Å². The smallest absolute Gasteiger partial charge is 0.323 e. The van der Waals surface area contributed by atoms with Crippen LogP contribution in [0.5, 0.6) is 0 Å². The molecule has 1 aliphatic rings. The number of nitrogens with two attached hydrogens (primary N) is 1. The largest absolute Gasteiger partial charge is 0.465 e. The number of esters is 1. The molecule has 0 radical (unpaired) electrons. The molecule has 0 fully saturated rings. The van der Waals surface area contributed by atoms with E-state index >= 15 is 0 Å². The molecule has 0 unspecified atom stereocenters. The first-order chi connectivity index (χ1) is 6.63. The molecule has 0 aromatic carbocycles. The van der Waals surface area contributed by atoms with Crippen molar-refractivity contribution in [3.63, 3.8) is 0 Å². The predicted molar refractivity (Wildman–Crippen MR) is 55.1 cm³/mol. The third kappa shape index (κ3) is 3.26. The summed E-state index contributed by atoms with van der Waals surface area (Å²) in [6.07, 6.45) is 0.966. The van der Waals surface area contributed by atoms with Crippen molar-refractivity contribution in [2.75, 3.05) is 6.61 Å². The molecule has 0 aromatic heterocycles. The Morgan fingerprint density at radius 1 is 1.93 bits per heavy atom. The lowest BCUT2D eigenvalue weighted by Gasteiger charge is -2.13. The lowest BCUT2D eigenvalue weighted by atomic mass is 10.1. The van der Waals surface area contributed by atoms with Crippen molar-refractivity contribution >= 4 is 26.5 Å².